The maximum Gasteiger partial charge on any atom is 0.121 e. The Kier molecular flexibility index (Phi) is 2.09. The summed E-state index contributed by atoms with van der Waals surface area (Å²) in [5, 5.41) is 4.26. The fourth-order valence-electron chi connectivity index (χ4n) is 0.873. The molecule has 0 amide bonds. The Morgan fingerprint density at radius 2 is 2.33 bits per heavy atom. The van der Waals surface area contributed by atoms with E-state index in [2.05, 4.69) is 24.2 Å². The highest BCUT2D eigenvalue weighted by atomic mass is 15.1. The van der Waals surface area contributed by atoms with Crippen LogP contribution >= 0.6 is 0 Å². The van der Waals surface area contributed by atoms with E-state index in [1.807, 2.05) is 0 Å². The van der Waals surface area contributed by atoms with Crippen molar-refractivity contribution in [2.75, 3.05) is 13.1 Å². The number of hydrogen-bond donors (Lipinski definition) is 0. The van der Waals surface area contributed by atoms with Crippen LogP contribution in [0.25, 0.3) is 0 Å². The van der Waals surface area contributed by atoms with Gasteiger partial charge in [-0.2, -0.15) is 0 Å². The molecule has 0 aliphatic carbocycles. The van der Waals surface area contributed by atoms with Gasteiger partial charge in [0.05, 0.1) is 13.1 Å². The van der Waals surface area contributed by atoms with E-state index in [9.17, 15) is 0 Å². The van der Waals surface area contributed by atoms with E-state index in [0.29, 0.717) is 5.92 Å². The summed E-state index contributed by atoms with van der Waals surface area (Å²) in [5.41, 5.74) is 0. The summed E-state index contributed by atoms with van der Waals surface area (Å²) in [4.78, 5) is 4.26. The third kappa shape index (κ3) is 1.44. The Balaban J connectivity index is 2.40. The Bertz CT molecular complexity index is 118. The molecule has 1 heterocycles. The highest BCUT2D eigenvalue weighted by Gasteiger charge is 2.12. The Labute approximate surface area is 56.4 Å². The molecular formula is C7H13N2. The normalized spacial score (nSPS) is 20.9. The molecular weight excluding hydrogens is 112 g/mol. The highest BCUT2D eigenvalue weighted by Crippen LogP contribution is 2.05. The van der Waals surface area contributed by atoms with Gasteiger partial charge in [-0.25, -0.2) is 0 Å². The van der Waals surface area contributed by atoms with Crippen LogP contribution in [-0.4, -0.2) is 18.9 Å². The average molecular weight is 125 g/mol. The predicted octanol–water partition coefficient (Wildman–Crippen LogP) is 1.05. The van der Waals surface area contributed by atoms with E-state index in [0.717, 1.165) is 25.3 Å². The molecule has 0 saturated carbocycles. The molecule has 1 atom stereocenters. The van der Waals surface area contributed by atoms with Crippen molar-refractivity contribution in [1.29, 1.82) is 0 Å². The fraction of sp³-hybridized carbons (Fsp3) is 0.857. The summed E-state index contributed by atoms with van der Waals surface area (Å²) in [6.07, 6.45) is 1.16. The van der Waals surface area contributed by atoms with Crippen LogP contribution in [0.15, 0.2) is 4.99 Å². The van der Waals surface area contributed by atoms with Gasteiger partial charge in [0.25, 0.3) is 0 Å². The summed E-state index contributed by atoms with van der Waals surface area (Å²) >= 11 is 0. The molecule has 1 rings (SSSR count). The summed E-state index contributed by atoms with van der Waals surface area (Å²) < 4.78 is 0. The molecule has 9 heavy (non-hydrogen) atoms. The third-order valence-electron chi connectivity index (χ3n) is 1.70. The van der Waals surface area contributed by atoms with E-state index in [4.69, 9.17) is 0 Å². The molecule has 0 aromatic rings. The molecule has 1 aliphatic rings. The monoisotopic (exact) mass is 125 g/mol. The minimum Gasteiger partial charge on any atom is -0.269 e. The van der Waals surface area contributed by atoms with Crippen LogP contribution in [0.1, 0.15) is 20.3 Å². The molecule has 0 bridgehead atoms. The van der Waals surface area contributed by atoms with E-state index < -0.39 is 0 Å². The van der Waals surface area contributed by atoms with Crippen LogP contribution in [-0.2, 0) is 0 Å². The zero-order chi connectivity index (χ0) is 6.69. The van der Waals surface area contributed by atoms with E-state index in [1.54, 1.807) is 0 Å². The second-order valence-electron chi connectivity index (χ2n) is 2.43. The number of aliphatic imine (C=N–C) groups is 1. The molecule has 0 N–H and O–H groups in total. The lowest BCUT2D eigenvalue weighted by atomic mass is 10.1. The molecule has 0 aromatic heterocycles. The fourth-order valence-corrected chi connectivity index (χ4v) is 0.873. The number of amidine groups is 1. The lowest BCUT2D eigenvalue weighted by Gasteiger charge is -2.05. The quantitative estimate of drug-likeness (QED) is 0.527. The van der Waals surface area contributed by atoms with Crippen LogP contribution in [0.2, 0.25) is 0 Å². The molecule has 0 saturated heterocycles. The van der Waals surface area contributed by atoms with Gasteiger partial charge in [-0.3, -0.25) is 10.3 Å². The lowest BCUT2D eigenvalue weighted by Crippen LogP contribution is -2.17. The SMILES string of the molecule is CCC(C)C1=NCC[N]1. The third-order valence-corrected chi connectivity index (χ3v) is 1.70. The minimum atomic E-state index is 0.576. The van der Waals surface area contributed by atoms with Crippen molar-refractivity contribution in [1.82, 2.24) is 5.32 Å². The molecule has 0 spiro atoms. The Morgan fingerprint density at radius 1 is 1.56 bits per heavy atom. The van der Waals surface area contributed by atoms with Gasteiger partial charge < -0.3 is 0 Å². The summed E-state index contributed by atoms with van der Waals surface area (Å²) in [7, 11) is 0. The second-order valence-corrected chi connectivity index (χ2v) is 2.43. The molecule has 1 radical (unpaired) electrons. The lowest BCUT2D eigenvalue weighted by molar-refractivity contribution is 0.716. The van der Waals surface area contributed by atoms with Gasteiger partial charge >= 0.3 is 0 Å². The number of nitrogens with zero attached hydrogens (tertiary/aromatic N) is 2. The topological polar surface area (TPSA) is 26.5 Å². The first kappa shape index (κ1) is 6.59. The van der Waals surface area contributed by atoms with Crippen molar-refractivity contribution >= 4 is 5.84 Å². The maximum absolute atomic E-state index is 4.26. The van der Waals surface area contributed by atoms with Gasteiger partial charge in [-0.05, 0) is 6.42 Å². The number of hydrogen-bond acceptors (Lipinski definition) is 1. The van der Waals surface area contributed by atoms with Crippen molar-refractivity contribution in [3.8, 4) is 0 Å². The van der Waals surface area contributed by atoms with E-state index >= 15 is 0 Å². The zero-order valence-electron chi connectivity index (χ0n) is 6.09. The molecule has 0 aromatic carbocycles. The van der Waals surface area contributed by atoms with Gasteiger partial charge in [0.1, 0.15) is 5.84 Å². The first-order valence-electron chi connectivity index (χ1n) is 3.56. The molecule has 2 heteroatoms. The Hall–Kier alpha value is -0.530. The molecule has 51 valence electrons. The Morgan fingerprint density at radius 3 is 2.78 bits per heavy atom. The highest BCUT2D eigenvalue weighted by molar-refractivity contribution is 5.85. The van der Waals surface area contributed by atoms with Crippen LogP contribution in [0, 0.1) is 5.92 Å². The summed E-state index contributed by atoms with van der Waals surface area (Å²) in [5.74, 6) is 1.66. The van der Waals surface area contributed by atoms with Crippen LogP contribution in [0.3, 0.4) is 0 Å². The molecule has 0 fully saturated rings. The number of rotatable bonds is 2. The van der Waals surface area contributed by atoms with Crippen LogP contribution in [0.5, 0.6) is 0 Å². The maximum atomic E-state index is 4.26. The largest absolute Gasteiger partial charge is 0.269 e. The predicted molar refractivity (Wildman–Crippen MR) is 38.8 cm³/mol. The van der Waals surface area contributed by atoms with Crippen LogP contribution in [0.4, 0.5) is 0 Å². The van der Waals surface area contributed by atoms with Gasteiger partial charge in [0.15, 0.2) is 0 Å². The van der Waals surface area contributed by atoms with Gasteiger partial charge in [0.2, 0.25) is 0 Å². The second kappa shape index (κ2) is 2.85. The van der Waals surface area contributed by atoms with Crippen molar-refractivity contribution in [3.63, 3.8) is 0 Å². The van der Waals surface area contributed by atoms with E-state index in [-0.39, 0.29) is 0 Å². The molecule has 1 aliphatic heterocycles. The minimum absolute atomic E-state index is 0.576. The average Bonchev–Trinajstić information content (AvgIpc) is 2.37. The van der Waals surface area contributed by atoms with Crippen molar-refractivity contribution in [2.45, 2.75) is 20.3 Å². The van der Waals surface area contributed by atoms with Gasteiger partial charge in [-0.1, -0.05) is 13.8 Å². The first-order chi connectivity index (χ1) is 4.34. The molecule has 1 unspecified atom stereocenters. The zero-order valence-corrected chi connectivity index (χ0v) is 6.09. The first-order valence-corrected chi connectivity index (χ1v) is 3.56. The summed E-state index contributed by atoms with van der Waals surface area (Å²) in [6.45, 7) is 6.17. The summed E-state index contributed by atoms with van der Waals surface area (Å²) in [6, 6.07) is 0. The van der Waals surface area contributed by atoms with E-state index in [1.165, 1.54) is 0 Å². The smallest absolute Gasteiger partial charge is 0.121 e. The van der Waals surface area contributed by atoms with Crippen LogP contribution < -0.4 is 5.32 Å². The molecule has 2 nitrogen and oxygen atoms in total. The van der Waals surface area contributed by atoms with Crippen molar-refractivity contribution in [3.05, 3.63) is 0 Å². The van der Waals surface area contributed by atoms with Gasteiger partial charge in [0, 0.05) is 5.92 Å². The van der Waals surface area contributed by atoms with Crippen molar-refractivity contribution < 1.29 is 0 Å². The van der Waals surface area contributed by atoms with Crippen molar-refractivity contribution in [2.24, 2.45) is 10.9 Å². The van der Waals surface area contributed by atoms with Gasteiger partial charge in [-0.15, -0.1) is 0 Å². The standard InChI is InChI=1S/C7H13N2/c1-3-6(2)7-8-4-5-9-7/h6H,3-5H2,1-2H3.